The zero-order valence-electron chi connectivity index (χ0n) is 30.3. The Hall–Kier alpha value is -4.48. The lowest BCUT2D eigenvalue weighted by Gasteiger charge is -2.17. The number of hydrogen-bond acceptors (Lipinski definition) is 2. The van der Waals surface area contributed by atoms with E-state index in [9.17, 15) is 0 Å². The van der Waals surface area contributed by atoms with Gasteiger partial charge in [-0.3, -0.25) is 0 Å². The van der Waals surface area contributed by atoms with E-state index in [0.29, 0.717) is 12.8 Å². The summed E-state index contributed by atoms with van der Waals surface area (Å²) < 4.78 is 0. The fourth-order valence-corrected chi connectivity index (χ4v) is 4.71. The summed E-state index contributed by atoms with van der Waals surface area (Å²) in [5.41, 5.74) is 10.2. The van der Waals surface area contributed by atoms with Crippen LogP contribution in [0.2, 0.25) is 0 Å². The van der Waals surface area contributed by atoms with Crippen molar-refractivity contribution in [1.29, 1.82) is 0 Å². The first-order valence-electron chi connectivity index (χ1n) is 17.1. The molecule has 1 heterocycles. The minimum absolute atomic E-state index is 0.703. The fourth-order valence-electron chi connectivity index (χ4n) is 4.71. The summed E-state index contributed by atoms with van der Waals surface area (Å²) in [5, 5.41) is 0. The van der Waals surface area contributed by atoms with E-state index in [1.165, 1.54) is 22.3 Å². The van der Waals surface area contributed by atoms with Gasteiger partial charge in [0.2, 0.25) is 0 Å². The Bertz CT molecular complexity index is 1530. The van der Waals surface area contributed by atoms with Crippen LogP contribution < -0.4 is 0 Å². The van der Waals surface area contributed by atoms with Crippen molar-refractivity contribution >= 4 is 11.1 Å². The van der Waals surface area contributed by atoms with Gasteiger partial charge in [-0.25, -0.2) is 9.97 Å². The van der Waals surface area contributed by atoms with Crippen LogP contribution in [0, 0.1) is 11.8 Å². The predicted octanol–water partition coefficient (Wildman–Crippen LogP) is 12.7. The first-order chi connectivity index (χ1) is 22.8. The largest absolute Gasteiger partial charge is 0.233 e. The van der Waals surface area contributed by atoms with E-state index in [-0.39, 0.29) is 0 Å². The van der Waals surface area contributed by atoms with Crippen LogP contribution in [0.25, 0.3) is 11.1 Å². The van der Waals surface area contributed by atoms with Crippen molar-refractivity contribution in [1.82, 2.24) is 9.97 Å². The summed E-state index contributed by atoms with van der Waals surface area (Å²) >= 11 is 0. The Balaban J connectivity index is 3.79. The van der Waals surface area contributed by atoms with E-state index in [1.54, 1.807) is 6.08 Å². The van der Waals surface area contributed by atoms with E-state index in [1.807, 2.05) is 37.3 Å². The maximum atomic E-state index is 5.23. The van der Waals surface area contributed by atoms with Gasteiger partial charge in [0.05, 0.1) is 11.4 Å². The molecule has 0 aromatic carbocycles. The molecule has 1 aromatic rings. The molecule has 0 aliphatic heterocycles. The molecule has 0 atom stereocenters. The predicted molar refractivity (Wildman–Crippen MR) is 211 cm³/mol. The van der Waals surface area contributed by atoms with Crippen LogP contribution in [-0.2, 0) is 12.8 Å². The Morgan fingerprint density at radius 3 is 2.26 bits per heavy atom. The highest BCUT2D eigenvalue weighted by atomic mass is 14.9. The van der Waals surface area contributed by atoms with Crippen LogP contribution in [0.4, 0.5) is 0 Å². The van der Waals surface area contributed by atoms with Gasteiger partial charge in [0, 0.05) is 19.3 Å². The van der Waals surface area contributed by atoms with E-state index < -0.39 is 0 Å². The van der Waals surface area contributed by atoms with Crippen LogP contribution in [0.3, 0.4) is 0 Å². The standard InChI is InChI=1S/C45H58N2/c1-11-18-22-25-28-36(8)38(10)44-42(17-7)43(46-45(47-44)40(16-6)31-24-20-13-3)35-33-39(30-21-14-4)32-34-41(27-15-5)37(9)29-26-23-19-12-2/h11-12,15,19-21,23-24,26-27,29-31,33-34H,1-2,9,13-14,16-18,28,32,35H2,3-8,10H3/b23-19+,24-20-,27-15-,29-26+,30-21-,38-36+,39-33+,40-31+,41-34+. The van der Waals surface area contributed by atoms with Crippen LogP contribution in [0.15, 0.2) is 133 Å². The molecule has 0 fully saturated rings. The van der Waals surface area contributed by atoms with Crippen molar-refractivity contribution in [3.63, 3.8) is 0 Å². The van der Waals surface area contributed by atoms with Crippen molar-refractivity contribution in [3.05, 3.63) is 156 Å². The maximum absolute atomic E-state index is 5.23. The number of rotatable bonds is 19. The first-order valence-corrected chi connectivity index (χ1v) is 17.1. The zero-order valence-corrected chi connectivity index (χ0v) is 30.3. The third-order valence-electron chi connectivity index (χ3n) is 7.56. The summed E-state index contributed by atoms with van der Waals surface area (Å²) in [6.07, 6.45) is 37.8. The average Bonchev–Trinajstić information content (AvgIpc) is 3.08. The molecule has 0 saturated heterocycles. The second-order valence-electron chi connectivity index (χ2n) is 11.1. The third kappa shape index (κ3) is 15.1. The fraction of sp³-hybridized carbons (Fsp3) is 0.333. The van der Waals surface area contributed by atoms with Crippen LogP contribution in [0.5, 0.6) is 0 Å². The van der Waals surface area contributed by atoms with Crippen molar-refractivity contribution in [2.75, 3.05) is 0 Å². The van der Waals surface area contributed by atoms with Crippen molar-refractivity contribution < 1.29 is 0 Å². The van der Waals surface area contributed by atoms with E-state index in [0.717, 1.165) is 72.5 Å². The highest BCUT2D eigenvalue weighted by molar-refractivity contribution is 5.70. The number of nitrogens with zero attached hydrogens (tertiary/aromatic N) is 2. The summed E-state index contributed by atoms with van der Waals surface area (Å²) in [7, 11) is 0. The Kier molecular flexibility index (Phi) is 21.3. The highest BCUT2D eigenvalue weighted by Gasteiger charge is 2.17. The van der Waals surface area contributed by atoms with E-state index in [2.05, 4.69) is 128 Å². The average molecular weight is 627 g/mol. The minimum Gasteiger partial charge on any atom is -0.233 e. The lowest BCUT2D eigenvalue weighted by molar-refractivity contribution is 0.919. The lowest BCUT2D eigenvalue weighted by atomic mass is 9.96. The molecular weight excluding hydrogens is 569 g/mol. The van der Waals surface area contributed by atoms with Gasteiger partial charge in [0.25, 0.3) is 0 Å². The number of allylic oxidation sites excluding steroid dienone is 21. The van der Waals surface area contributed by atoms with Gasteiger partial charge in [-0.15, -0.1) is 6.58 Å². The Labute approximate surface area is 288 Å². The highest BCUT2D eigenvalue weighted by Crippen LogP contribution is 2.28. The normalized spacial score (nSPS) is 13.6. The Morgan fingerprint density at radius 2 is 1.62 bits per heavy atom. The molecule has 2 nitrogen and oxygen atoms in total. The van der Waals surface area contributed by atoms with Crippen molar-refractivity contribution in [2.45, 2.75) is 99.8 Å². The maximum Gasteiger partial charge on any atom is 0.155 e. The first kappa shape index (κ1) is 40.5. The molecule has 0 N–H and O–H groups in total. The van der Waals surface area contributed by atoms with Crippen LogP contribution >= 0.6 is 0 Å². The summed E-state index contributed by atoms with van der Waals surface area (Å²) in [6, 6.07) is 0. The van der Waals surface area contributed by atoms with Gasteiger partial charge in [0.1, 0.15) is 0 Å². The molecule has 0 unspecified atom stereocenters. The molecule has 0 amide bonds. The summed E-state index contributed by atoms with van der Waals surface area (Å²) in [4.78, 5) is 10.4. The van der Waals surface area contributed by atoms with Crippen LogP contribution in [-0.4, -0.2) is 9.97 Å². The summed E-state index contributed by atoms with van der Waals surface area (Å²) in [5.74, 6) is 7.30. The lowest BCUT2D eigenvalue weighted by Crippen LogP contribution is -2.09. The van der Waals surface area contributed by atoms with Gasteiger partial charge in [0.15, 0.2) is 5.82 Å². The second kappa shape index (κ2) is 24.7. The topological polar surface area (TPSA) is 25.8 Å². The molecule has 0 bridgehead atoms. The molecule has 0 aliphatic rings. The van der Waals surface area contributed by atoms with E-state index >= 15 is 0 Å². The van der Waals surface area contributed by atoms with Gasteiger partial charge >= 0.3 is 0 Å². The molecule has 2 heteroatoms. The SMILES string of the molecule is C=C/C=C/C=C/C(=C)C(/C=C\C)=C/CC(/C=C\CC)=C/Cc1nc(/C(=C/C=C\CC)CC)nc(/C(C)=C(\C)CC#CCC=C)c1CC. The molecule has 1 rings (SSSR count). The minimum atomic E-state index is 0.703. The van der Waals surface area contributed by atoms with Crippen LogP contribution in [0.1, 0.15) is 110 Å². The molecule has 0 saturated carbocycles. The quantitative estimate of drug-likeness (QED) is 0.0867. The Morgan fingerprint density at radius 1 is 0.851 bits per heavy atom. The molecule has 47 heavy (non-hydrogen) atoms. The second-order valence-corrected chi connectivity index (χ2v) is 11.1. The molecule has 248 valence electrons. The number of aromatic nitrogens is 2. The summed E-state index contributed by atoms with van der Waals surface area (Å²) in [6.45, 7) is 26.9. The molecule has 0 spiro atoms. The van der Waals surface area contributed by atoms with Crippen molar-refractivity contribution in [2.24, 2.45) is 0 Å². The van der Waals surface area contributed by atoms with Gasteiger partial charge in [-0.05, 0) is 86.3 Å². The van der Waals surface area contributed by atoms with E-state index in [4.69, 9.17) is 9.97 Å². The van der Waals surface area contributed by atoms with Gasteiger partial charge < -0.3 is 0 Å². The smallest absolute Gasteiger partial charge is 0.155 e. The van der Waals surface area contributed by atoms with Gasteiger partial charge in [-0.2, -0.15) is 0 Å². The van der Waals surface area contributed by atoms with Gasteiger partial charge in [-0.1, -0.05) is 149 Å². The molecular formula is C45H58N2. The molecule has 0 radical (unpaired) electrons. The molecule has 1 aromatic heterocycles. The number of hydrogen-bond donors (Lipinski definition) is 0. The van der Waals surface area contributed by atoms with Crippen molar-refractivity contribution in [3.8, 4) is 11.8 Å². The third-order valence-corrected chi connectivity index (χ3v) is 7.56. The monoisotopic (exact) mass is 626 g/mol. The zero-order chi connectivity index (χ0) is 34.9. The molecule has 0 aliphatic carbocycles.